The third kappa shape index (κ3) is 4.08. The van der Waals surface area contributed by atoms with Gasteiger partial charge in [0.1, 0.15) is 5.82 Å². The van der Waals surface area contributed by atoms with Gasteiger partial charge in [-0.15, -0.1) is 12.4 Å². The highest BCUT2D eigenvalue weighted by atomic mass is 35.5. The van der Waals surface area contributed by atoms with Gasteiger partial charge in [-0.2, -0.15) is 0 Å². The normalized spacial score (nSPS) is 24.1. The van der Waals surface area contributed by atoms with Gasteiger partial charge in [0, 0.05) is 38.0 Å². The van der Waals surface area contributed by atoms with Crippen LogP contribution >= 0.6 is 12.4 Å². The molecule has 2 aromatic carbocycles. The van der Waals surface area contributed by atoms with Gasteiger partial charge in [-0.1, -0.05) is 36.4 Å². The largest absolute Gasteiger partial charge is 0.342 e. The molecule has 0 aliphatic carbocycles. The summed E-state index contributed by atoms with van der Waals surface area (Å²) in [6, 6.07) is 15.5. The molecule has 0 aromatic heterocycles. The van der Waals surface area contributed by atoms with Crippen molar-refractivity contribution in [3.05, 3.63) is 71.0 Å². The van der Waals surface area contributed by atoms with Crippen LogP contribution in [-0.2, 0) is 11.2 Å². The summed E-state index contributed by atoms with van der Waals surface area (Å²) in [6.45, 7) is 4.93. The Kier molecular flexibility index (Phi) is 6.41. The standard InChI is InChI=1S/C23H27FN2O.ClH/c1-16-5-3-4-6-20(16)23-21-15-26(14-18(21)13-25(23)2)22(27)12-9-17-7-10-19(24)11-8-17;/h3-8,10-11,18,21,23H,9,12-15H2,1-2H3;1H/t18-,21+,23+;/m0./s1. The fourth-order valence-electron chi connectivity index (χ4n) is 4.91. The molecule has 3 nitrogen and oxygen atoms in total. The Morgan fingerprint density at radius 3 is 2.50 bits per heavy atom. The van der Waals surface area contributed by atoms with Crippen LogP contribution in [0, 0.1) is 24.6 Å². The van der Waals surface area contributed by atoms with E-state index in [1.807, 2.05) is 0 Å². The Bertz CT molecular complexity index is 826. The third-order valence-corrected chi connectivity index (χ3v) is 6.30. The molecule has 2 aliphatic rings. The molecule has 2 heterocycles. The molecule has 2 aliphatic heterocycles. The zero-order valence-corrected chi connectivity index (χ0v) is 17.3. The first-order chi connectivity index (χ1) is 13.0. The van der Waals surface area contributed by atoms with E-state index in [1.54, 1.807) is 12.1 Å². The molecule has 2 fully saturated rings. The Hall–Kier alpha value is -1.91. The molecule has 0 N–H and O–H groups in total. The van der Waals surface area contributed by atoms with Crippen LogP contribution in [0.2, 0.25) is 0 Å². The second-order valence-electron chi connectivity index (χ2n) is 8.09. The quantitative estimate of drug-likeness (QED) is 0.763. The molecule has 2 saturated heterocycles. The summed E-state index contributed by atoms with van der Waals surface area (Å²) in [7, 11) is 2.20. The third-order valence-electron chi connectivity index (χ3n) is 6.30. The fourth-order valence-corrected chi connectivity index (χ4v) is 4.91. The lowest BCUT2D eigenvalue weighted by atomic mass is 9.88. The molecule has 0 bridgehead atoms. The lowest BCUT2D eigenvalue weighted by Crippen LogP contribution is -2.33. The number of carbonyl (C=O) groups excluding carboxylic acids is 1. The van der Waals surface area contributed by atoms with Crippen molar-refractivity contribution < 1.29 is 9.18 Å². The summed E-state index contributed by atoms with van der Waals surface area (Å²) < 4.78 is 13.0. The number of amides is 1. The van der Waals surface area contributed by atoms with Crippen molar-refractivity contribution >= 4 is 18.3 Å². The highest BCUT2D eigenvalue weighted by molar-refractivity contribution is 5.85. The van der Waals surface area contributed by atoms with Gasteiger partial charge in [-0.25, -0.2) is 4.39 Å². The van der Waals surface area contributed by atoms with E-state index in [1.165, 1.54) is 23.3 Å². The number of rotatable bonds is 4. The minimum absolute atomic E-state index is 0. The van der Waals surface area contributed by atoms with Gasteiger partial charge in [-0.05, 0) is 55.1 Å². The van der Waals surface area contributed by atoms with Crippen molar-refractivity contribution in [2.24, 2.45) is 11.8 Å². The number of fused-ring (bicyclic) bond motifs is 1. The summed E-state index contributed by atoms with van der Waals surface area (Å²) in [5.74, 6) is 1.05. The summed E-state index contributed by atoms with van der Waals surface area (Å²) in [5.41, 5.74) is 3.74. The molecule has 0 radical (unpaired) electrons. The molecule has 3 atom stereocenters. The average Bonchev–Trinajstić information content (AvgIpc) is 3.18. The Labute approximate surface area is 172 Å². The second-order valence-corrected chi connectivity index (χ2v) is 8.09. The molecule has 4 rings (SSSR count). The van der Waals surface area contributed by atoms with E-state index in [4.69, 9.17) is 0 Å². The van der Waals surface area contributed by atoms with Crippen molar-refractivity contribution in [2.75, 3.05) is 26.7 Å². The lowest BCUT2D eigenvalue weighted by molar-refractivity contribution is -0.130. The Morgan fingerprint density at radius 2 is 1.79 bits per heavy atom. The topological polar surface area (TPSA) is 23.6 Å². The highest BCUT2D eigenvalue weighted by Crippen LogP contribution is 2.44. The van der Waals surface area contributed by atoms with Gasteiger partial charge < -0.3 is 4.90 Å². The van der Waals surface area contributed by atoms with Gasteiger partial charge in [0.25, 0.3) is 0 Å². The predicted octanol–water partition coefficient (Wildman–Crippen LogP) is 4.25. The van der Waals surface area contributed by atoms with Crippen LogP contribution in [-0.4, -0.2) is 42.4 Å². The maximum Gasteiger partial charge on any atom is 0.222 e. The van der Waals surface area contributed by atoms with Gasteiger partial charge in [-0.3, -0.25) is 9.69 Å². The van der Waals surface area contributed by atoms with Crippen molar-refractivity contribution in [1.29, 1.82) is 0 Å². The number of hydrogen-bond acceptors (Lipinski definition) is 2. The Morgan fingerprint density at radius 1 is 1.07 bits per heavy atom. The number of carbonyl (C=O) groups is 1. The van der Waals surface area contributed by atoms with E-state index in [2.05, 4.69) is 48.0 Å². The van der Waals surface area contributed by atoms with Gasteiger partial charge in [0.2, 0.25) is 5.91 Å². The molecule has 5 heteroatoms. The summed E-state index contributed by atoms with van der Waals surface area (Å²) in [4.78, 5) is 17.3. The number of likely N-dealkylation sites (tertiary alicyclic amines) is 2. The SMILES string of the molecule is Cc1ccccc1[C@@H]1[C@@H]2CN(C(=O)CCc3ccc(F)cc3)C[C@@H]2CN1C.Cl. The van der Waals surface area contributed by atoms with Gasteiger partial charge in [0.15, 0.2) is 0 Å². The minimum atomic E-state index is -0.233. The van der Waals surface area contributed by atoms with E-state index in [-0.39, 0.29) is 24.1 Å². The summed E-state index contributed by atoms with van der Waals surface area (Å²) >= 11 is 0. The monoisotopic (exact) mass is 402 g/mol. The van der Waals surface area contributed by atoms with Gasteiger partial charge in [0.05, 0.1) is 0 Å². The fraction of sp³-hybridized carbons (Fsp3) is 0.435. The zero-order valence-electron chi connectivity index (χ0n) is 16.5. The van der Waals surface area contributed by atoms with E-state index in [9.17, 15) is 9.18 Å². The van der Waals surface area contributed by atoms with Crippen LogP contribution < -0.4 is 0 Å². The molecule has 1 amide bonds. The predicted molar refractivity (Wildman–Crippen MR) is 112 cm³/mol. The van der Waals surface area contributed by atoms with Crippen LogP contribution in [0.4, 0.5) is 4.39 Å². The zero-order chi connectivity index (χ0) is 19.0. The maximum absolute atomic E-state index is 13.0. The molecule has 150 valence electrons. The molecule has 0 unspecified atom stereocenters. The lowest BCUT2D eigenvalue weighted by Gasteiger charge is -2.28. The van der Waals surface area contributed by atoms with Crippen molar-refractivity contribution in [3.63, 3.8) is 0 Å². The van der Waals surface area contributed by atoms with E-state index >= 15 is 0 Å². The number of hydrogen-bond donors (Lipinski definition) is 0. The number of aryl methyl sites for hydroxylation is 2. The second kappa shape index (κ2) is 8.62. The number of nitrogens with zero attached hydrogens (tertiary/aromatic N) is 2. The maximum atomic E-state index is 13.0. The van der Waals surface area contributed by atoms with E-state index in [0.29, 0.717) is 30.7 Å². The van der Waals surface area contributed by atoms with Crippen LogP contribution in [0.1, 0.15) is 29.2 Å². The van der Waals surface area contributed by atoms with Gasteiger partial charge >= 0.3 is 0 Å². The summed E-state index contributed by atoms with van der Waals surface area (Å²) in [6.07, 6.45) is 1.17. The van der Waals surface area contributed by atoms with E-state index in [0.717, 1.165) is 25.2 Å². The van der Waals surface area contributed by atoms with Crippen molar-refractivity contribution in [1.82, 2.24) is 9.80 Å². The van der Waals surface area contributed by atoms with Crippen LogP contribution in [0.25, 0.3) is 0 Å². The molecular weight excluding hydrogens is 375 g/mol. The molecule has 0 spiro atoms. The minimum Gasteiger partial charge on any atom is -0.342 e. The average molecular weight is 403 g/mol. The molecule has 28 heavy (non-hydrogen) atoms. The Balaban J connectivity index is 0.00000225. The summed E-state index contributed by atoms with van der Waals surface area (Å²) in [5, 5.41) is 0. The smallest absolute Gasteiger partial charge is 0.222 e. The van der Waals surface area contributed by atoms with E-state index < -0.39 is 0 Å². The van der Waals surface area contributed by atoms with Crippen molar-refractivity contribution in [2.45, 2.75) is 25.8 Å². The molecule has 0 saturated carbocycles. The first-order valence-corrected chi connectivity index (χ1v) is 9.81. The first-order valence-electron chi connectivity index (χ1n) is 9.81. The van der Waals surface area contributed by atoms with Crippen molar-refractivity contribution in [3.8, 4) is 0 Å². The molecule has 2 aromatic rings. The van der Waals surface area contributed by atoms with Crippen LogP contribution in [0.5, 0.6) is 0 Å². The van der Waals surface area contributed by atoms with Crippen LogP contribution in [0.15, 0.2) is 48.5 Å². The van der Waals surface area contributed by atoms with Crippen LogP contribution in [0.3, 0.4) is 0 Å². The number of benzene rings is 2. The molecular formula is C23H28ClFN2O. The number of halogens is 2. The highest BCUT2D eigenvalue weighted by Gasteiger charge is 2.47. The first kappa shape index (κ1) is 20.8.